The third kappa shape index (κ3) is 1.25. The Labute approximate surface area is 129 Å². The summed E-state index contributed by atoms with van der Waals surface area (Å²) in [6, 6.07) is 8.12. The Bertz CT molecular complexity index is 868. The van der Waals surface area contributed by atoms with Crippen molar-refractivity contribution in [1.29, 1.82) is 0 Å². The monoisotopic (exact) mass is 292 g/mol. The molecule has 4 nitrogen and oxygen atoms in total. The van der Waals surface area contributed by atoms with Crippen LogP contribution >= 0.6 is 0 Å². The molecule has 4 heteroatoms. The highest BCUT2D eigenvalue weighted by Crippen LogP contribution is 2.67. The number of benzene rings is 1. The summed E-state index contributed by atoms with van der Waals surface area (Å²) in [5, 5.41) is 4.93. The van der Waals surface area contributed by atoms with Crippen LogP contribution in [0.25, 0.3) is 17.0 Å². The van der Waals surface area contributed by atoms with E-state index in [0.717, 1.165) is 17.0 Å². The molecule has 1 N–H and O–H groups in total. The number of nitrogens with one attached hydrogen (secondary N) is 1. The van der Waals surface area contributed by atoms with Crippen LogP contribution in [0.1, 0.15) is 50.8 Å². The van der Waals surface area contributed by atoms with Crippen molar-refractivity contribution < 1.29 is 0 Å². The summed E-state index contributed by atoms with van der Waals surface area (Å²) in [6.45, 7) is 7.19. The van der Waals surface area contributed by atoms with Gasteiger partial charge in [-0.2, -0.15) is 5.10 Å². The van der Waals surface area contributed by atoms with Crippen LogP contribution < -0.4 is 0 Å². The van der Waals surface area contributed by atoms with E-state index in [-0.39, 0.29) is 5.41 Å². The quantitative estimate of drug-likeness (QED) is 0.739. The molecule has 1 aromatic carbocycles. The summed E-state index contributed by atoms with van der Waals surface area (Å²) in [5.41, 5.74) is 5.28. The molecule has 2 unspecified atom stereocenters. The number of fused-ring (bicyclic) bond motifs is 6. The van der Waals surface area contributed by atoms with Crippen molar-refractivity contribution in [2.45, 2.75) is 44.9 Å². The van der Waals surface area contributed by atoms with Crippen molar-refractivity contribution in [2.24, 2.45) is 5.41 Å². The van der Waals surface area contributed by atoms with Gasteiger partial charge in [-0.1, -0.05) is 32.9 Å². The first-order valence-electron chi connectivity index (χ1n) is 8.06. The first-order valence-corrected chi connectivity index (χ1v) is 8.06. The van der Waals surface area contributed by atoms with Gasteiger partial charge in [0.2, 0.25) is 5.95 Å². The largest absolute Gasteiger partial charge is 0.322 e. The van der Waals surface area contributed by atoms with Crippen LogP contribution in [-0.4, -0.2) is 19.7 Å². The van der Waals surface area contributed by atoms with Gasteiger partial charge in [0.05, 0.1) is 16.7 Å². The average molecular weight is 292 g/mol. The van der Waals surface area contributed by atoms with Gasteiger partial charge in [0.1, 0.15) is 0 Å². The number of aromatic nitrogens is 4. The molecule has 0 radical (unpaired) electrons. The van der Waals surface area contributed by atoms with E-state index in [1.54, 1.807) is 0 Å². The summed E-state index contributed by atoms with van der Waals surface area (Å²) >= 11 is 0. The summed E-state index contributed by atoms with van der Waals surface area (Å²) < 4.78 is 1.94. The third-order valence-corrected chi connectivity index (χ3v) is 6.46. The fourth-order valence-electron chi connectivity index (χ4n) is 4.70. The second-order valence-corrected chi connectivity index (χ2v) is 7.60. The SMILES string of the molecule is CC12CCC(c3cn(-c4nc5ccccc5[nH]4)nc31)C2(C)C. The maximum Gasteiger partial charge on any atom is 0.229 e. The van der Waals surface area contributed by atoms with Crippen molar-refractivity contribution in [3.63, 3.8) is 0 Å². The van der Waals surface area contributed by atoms with Crippen molar-refractivity contribution in [2.75, 3.05) is 0 Å². The zero-order chi connectivity index (χ0) is 15.1. The molecule has 1 fully saturated rings. The van der Waals surface area contributed by atoms with E-state index in [0.29, 0.717) is 11.3 Å². The minimum absolute atomic E-state index is 0.199. The van der Waals surface area contributed by atoms with Gasteiger partial charge in [-0.3, -0.25) is 0 Å². The molecule has 0 amide bonds. The number of nitrogens with zero attached hydrogens (tertiary/aromatic N) is 3. The Balaban J connectivity index is 1.67. The molecule has 22 heavy (non-hydrogen) atoms. The number of rotatable bonds is 1. The number of hydrogen-bond donors (Lipinski definition) is 1. The summed E-state index contributed by atoms with van der Waals surface area (Å²) in [4.78, 5) is 8.04. The van der Waals surface area contributed by atoms with Crippen molar-refractivity contribution in [3.8, 4) is 5.95 Å². The van der Waals surface area contributed by atoms with Gasteiger partial charge < -0.3 is 4.98 Å². The van der Waals surface area contributed by atoms with Gasteiger partial charge >= 0.3 is 0 Å². The lowest BCUT2D eigenvalue weighted by atomic mass is 9.70. The van der Waals surface area contributed by atoms with Gasteiger partial charge in [-0.15, -0.1) is 0 Å². The van der Waals surface area contributed by atoms with E-state index in [4.69, 9.17) is 5.10 Å². The van der Waals surface area contributed by atoms with Gasteiger partial charge in [0, 0.05) is 11.6 Å². The lowest BCUT2D eigenvalue weighted by molar-refractivity contribution is 0.224. The highest BCUT2D eigenvalue weighted by molar-refractivity contribution is 5.75. The first-order chi connectivity index (χ1) is 10.5. The second-order valence-electron chi connectivity index (χ2n) is 7.60. The predicted octanol–water partition coefficient (Wildman–Crippen LogP) is 3.92. The topological polar surface area (TPSA) is 46.5 Å². The van der Waals surface area contributed by atoms with E-state index in [2.05, 4.69) is 43.0 Å². The molecule has 2 aliphatic carbocycles. The summed E-state index contributed by atoms with van der Waals surface area (Å²) in [6.07, 6.45) is 4.72. The molecule has 2 atom stereocenters. The van der Waals surface area contributed by atoms with E-state index < -0.39 is 0 Å². The molecule has 2 bridgehead atoms. The number of imidazole rings is 1. The molecule has 0 aliphatic heterocycles. The zero-order valence-corrected chi connectivity index (χ0v) is 13.2. The number of para-hydroxylation sites is 2. The molecule has 2 heterocycles. The van der Waals surface area contributed by atoms with Crippen molar-refractivity contribution in [3.05, 3.63) is 41.7 Å². The Morgan fingerprint density at radius 2 is 2.05 bits per heavy atom. The lowest BCUT2D eigenvalue weighted by Crippen LogP contribution is -2.32. The highest BCUT2D eigenvalue weighted by Gasteiger charge is 2.61. The number of hydrogen-bond acceptors (Lipinski definition) is 2. The number of H-pyrrole nitrogens is 1. The third-order valence-electron chi connectivity index (χ3n) is 6.46. The summed E-state index contributed by atoms with van der Waals surface area (Å²) in [7, 11) is 0. The van der Waals surface area contributed by atoms with Gasteiger partial charge in [-0.25, -0.2) is 9.67 Å². The van der Waals surface area contributed by atoms with E-state index in [1.165, 1.54) is 24.1 Å². The van der Waals surface area contributed by atoms with Gasteiger partial charge in [0.25, 0.3) is 0 Å². The van der Waals surface area contributed by atoms with E-state index in [1.807, 2.05) is 22.9 Å². The smallest absolute Gasteiger partial charge is 0.229 e. The Morgan fingerprint density at radius 1 is 1.23 bits per heavy atom. The van der Waals surface area contributed by atoms with Crippen LogP contribution in [0, 0.1) is 5.41 Å². The fourth-order valence-corrected chi connectivity index (χ4v) is 4.70. The Morgan fingerprint density at radius 3 is 2.82 bits per heavy atom. The van der Waals surface area contributed by atoms with Crippen LogP contribution in [-0.2, 0) is 5.41 Å². The molecule has 1 saturated carbocycles. The van der Waals surface area contributed by atoms with Crippen LogP contribution in [0.15, 0.2) is 30.5 Å². The van der Waals surface area contributed by atoms with Crippen LogP contribution in [0.5, 0.6) is 0 Å². The van der Waals surface area contributed by atoms with Crippen LogP contribution in [0.2, 0.25) is 0 Å². The lowest BCUT2D eigenvalue weighted by Gasteiger charge is -2.34. The van der Waals surface area contributed by atoms with Crippen molar-refractivity contribution >= 4 is 11.0 Å². The molecule has 3 aromatic rings. The fraction of sp³-hybridized carbons (Fsp3) is 0.444. The molecule has 0 spiro atoms. The van der Waals surface area contributed by atoms with Crippen LogP contribution in [0.3, 0.4) is 0 Å². The Hall–Kier alpha value is -2.10. The van der Waals surface area contributed by atoms with Crippen molar-refractivity contribution in [1.82, 2.24) is 19.7 Å². The minimum Gasteiger partial charge on any atom is -0.322 e. The highest BCUT2D eigenvalue weighted by atomic mass is 15.4. The molecule has 112 valence electrons. The maximum absolute atomic E-state index is 4.93. The predicted molar refractivity (Wildman–Crippen MR) is 86.3 cm³/mol. The van der Waals surface area contributed by atoms with Gasteiger partial charge in [-0.05, 0) is 41.9 Å². The normalized spacial score (nSPS) is 28.4. The average Bonchev–Trinajstić information content (AvgIpc) is 3.18. The first kappa shape index (κ1) is 12.4. The molecular formula is C18H20N4. The molecular weight excluding hydrogens is 272 g/mol. The number of aromatic amines is 1. The standard InChI is InChI=1S/C18H20N4/c1-17(2)12-8-9-18(17,3)15-11(12)10-22(21-15)16-19-13-6-4-5-7-14(13)20-16/h4-7,10,12H,8-9H2,1-3H3,(H,19,20). The van der Waals surface area contributed by atoms with Gasteiger partial charge in [0.15, 0.2) is 0 Å². The molecule has 2 aliphatic rings. The maximum atomic E-state index is 4.93. The second kappa shape index (κ2) is 3.62. The van der Waals surface area contributed by atoms with E-state index >= 15 is 0 Å². The minimum atomic E-state index is 0.199. The zero-order valence-electron chi connectivity index (χ0n) is 13.2. The van der Waals surface area contributed by atoms with Crippen LogP contribution in [0.4, 0.5) is 0 Å². The Kier molecular flexibility index (Phi) is 2.05. The van der Waals surface area contributed by atoms with E-state index in [9.17, 15) is 0 Å². The molecule has 0 saturated heterocycles. The summed E-state index contributed by atoms with van der Waals surface area (Å²) in [5.74, 6) is 1.45. The molecule has 5 rings (SSSR count). The molecule has 2 aromatic heterocycles.